The predicted molar refractivity (Wildman–Crippen MR) is 272 cm³/mol. The van der Waals surface area contributed by atoms with Crippen LogP contribution in [0.15, 0.2) is 243 Å². The molecular weight excluding hydrogens is 781 g/mol. The van der Waals surface area contributed by atoms with Gasteiger partial charge in [0.15, 0.2) is 0 Å². The highest BCUT2D eigenvalue weighted by molar-refractivity contribution is 7.27. The number of rotatable bonds is 8. The highest BCUT2D eigenvalue weighted by Crippen LogP contribution is 2.48. The van der Waals surface area contributed by atoms with Gasteiger partial charge in [-0.2, -0.15) is 0 Å². The molecule has 1 aromatic heterocycles. The Labute approximate surface area is 370 Å². The van der Waals surface area contributed by atoms with Crippen molar-refractivity contribution in [3.63, 3.8) is 0 Å². The Balaban J connectivity index is 0.950. The van der Waals surface area contributed by atoms with E-state index >= 15 is 0 Å². The van der Waals surface area contributed by atoms with E-state index in [0.717, 1.165) is 28.4 Å². The number of fused-ring (bicyclic) bond motifs is 9. The zero-order valence-electron chi connectivity index (χ0n) is 34.4. The molecule has 11 aromatic carbocycles. The van der Waals surface area contributed by atoms with Crippen molar-refractivity contribution in [2.24, 2.45) is 0 Å². The molecule has 0 aliphatic carbocycles. The molecule has 0 N–H and O–H groups in total. The standard InChI is InChI=1S/C60H40N2S/c1-4-15-41(16-5-1)42-27-32-48(33-28-42)61(46-19-6-2-7-20-46)49-34-29-43(30-35-49)45-31-37-54-56(39-45)52-24-12-13-25-53(52)59-55-38-36-50(40-58(55)63-60(54)59)62(47-21-8-3-9-22-47)57-26-14-18-44-17-10-11-23-51(44)57/h1-40H. The van der Waals surface area contributed by atoms with Gasteiger partial charge in [0.25, 0.3) is 0 Å². The molecule has 0 saturated heterocycles. The molecule has 0 bridgehead atoms. The Hall–Kier alpha value is -7.98. The van der Waals surface area contributed by atoms with Gasteiger partial charge in [-0.1, -0.05) is 170 Å². The quantitative estimate of drug-likeness (QED) is 0.141. The van der Waals surface area contributed by atoms with Gasteiger partial charge in [0, 0.05) is 59.4 Å². The molecule has 0 radical (unpaired) electrons. The smallest absolute Gasteiger partial charge is 0.0540 e. The second-order valence-electron chi connectivity index (χ2n) is 16.1. The van der Waals surface area contributed by atoms with Crippen molar-refractivity contribution >= 4 is 98.0 Å². The first kappa shape index (κ1) is 36.8. The van der Waals surface area contributed by atoms with Crippen LogP contribution in [0.25, 0.3) is 74.7 Å². The van der Waals surface area contributed by atoms with Gasteiger partial charge in [0.05, 0.1) is 5.69 Å². The summed E-state index contributed by atoms with van der Waals surface area (Å²) in [5.74, 6) is 0. The lowest BCUT2D eigenvalue weighted by atomic mass is 9.94. The normalized spacial score (nSPS) is 11.5. The molecule has 2 nitrogen and oxygen atoms in total. The van der Waals surface area contributed by atoms with E-state index in [1.165, 1.54) is 80.4 Å². The first-order valence-corrected chi connectivity index (χ1v) is 22.3. The van der Waals surface area contributed by atoms with Crippen LogP contribution in [0.1, 0.15) is 0 Å². The Morgan fingerprint density at radius 2 is 0.762 bits per heavy atom. The highest BCUT2D eigenvalue weighted by atomic mass is 32.1. The summed E-state index contributed by atoms with van der Waals surface area (Å²) in [6.07, 6.45) is 0. The lowest BCUT2D eigenvalue weighted by Gasteiger charge is -2.27. The Bertz CT molecular complexity index is 3590. The summed E-state index contributed by atoms with van der Waals surface area (Å²) < 4.78 is 2.60. The van der Waals surface area contributed by atoms with E-state index in [0.29, 0.717) is 0 Å². The van der Waals surface area contributed by atoms with Gasteiger partial charge >= 0.3 is 0 Å². The van der Waals surface area contributed by atoms with Crippen LogP contribution < -0.4 is 9.80 Å². The van der Waals surface area contributed by atoms with Gasteiger partial charge in [-0.3, -0.25) is 0 Å². The minimum Gasteiger partial charge on any atom is -0.311 e. The third-order valence-corrected chi connectivity index (χ3v) is 13.6. The van der Waals surface area contributed by atoms with Crippen molar-refractivity contribution in [3.8, 4) is 22.3 Å². The number of thiophene rings is 1. The summed E-state index contributed by atoms with van der Waals surface area (Å²) in [4.78, 5) is 4.73. The summed E-state index contributed by atoms with van der Waals surface area (Å²) in [5.41, 5.74) is 11.6. The van der Waals surface area contributed by atoms with Crippen LogP contribution in [0.5, 0.6) is 0 Å². The van der Waals surface area contributed by atoms with Crippen LogP contribution in [0, 0.1) is 0 Å². The van der Waals surface area contributed by atoms with Crippen LogP contribution in [0.4, 0.5) is 34.1 Å². The summed E-state index contributed by atoms with van der Waals surface area (Å²) in [7, 11) is 0. The third-order valence-electron chi connectivity index (χ3n) is 12.4. The molecular formula is C60H40N2S. The van der Waals surface area contributed by atoms with Crippen LogP contribution in [0.3, 0.4) is 0 Å². The van der Waals surface area contributed by atoms with Gasteiger partial charge in [-0.15, -0.1) is 11.3 Å². The van der Waals surface area contributed by atoms with E-state index in [-0.39, 0.29) is 0 Å². The first-order valence-electron chi connectivity index (χ1n) is 21.5. The number of hydrogen-bond acceptors (Lipinski definition) is 3. The van der Waals surface area contributed by atoms with Gasteiger partial charge in [-0.25, -0.2) is 0 Å². The van der Waals surface area contributed by atoms with Crippen LogP contribution >= 0.6 is 11.3 Å². The second kappa shape index (κ2) is 15.5. The molecule has 0 spiro atoms. The van der Waals surface area contributed by atoms with Gasteiger partial charge in [0.2, 0.25) is 0 Å². The van der Waals surface area contributed by atoms with E-state index < -0.39 is 0 Å². The molecule has 0 saturated carbocycles. The van der Waals surface area contributed by atoms with Crippen molar-refractivity contribution in [1.82, 2.24) is 0 Å². The molecule has 0 atom stereocenters. The summed E-state index contributed by atoms with van der Waals surface area (Å²) >= 11 is 1.90. The number of nitrogens with zero attached hydrogens (tertiary/aromatic N) is 2. The molecule has 0 aliphatic rings. The average molecular weight is 821 g/mol. The molecule has 1 heterocycles. The topological polar surface area (TPSA) is 6.48 Å². The van der Waals surface area contributed by atoms with E-state index in [4.69, 9.17) is 0 Å². The maximum absolute atomic E-state index is 2.40. The molecule has 0 aliphatic heterocycles. The molecule has 3 heteroatoms. The number of hydrogen-bond donors (Lipinski definition) is 0. The van der Waals surface area contributed by atoms with Gasteiger partial charge in [0.1, 0.15) is 0 Å². The maximum atomic E-state index is 2.40. The fourth-order valence-corrected chi connectivity index (χ4v) is 10.7. The largest absolute Gasteiger partial charge is 0.311 e. The lowest BCUT2D eigenvalue weighted by molar-refractivity contribution is 1.28. The predicted octanol–water partition coefficient (Wildman–Crippen LogP) is 17.8. The number of benzene rings is 11. The van der Waals surface area contributed by atoms with E-state index in [1.807, 2.05) is 11.3 Å². The zero-order chi connectivity index (χ0) is 41.7. The second-order valence-corrected chi connectivity index (χ2v) is 17.1. The van der Waals surface area contributed by atoms with E-state index in [9.17, 15) is 0 Å². The van der Waals surface area contributed by atoms with Crippen molar-refractivity contribution in [2.75, 3.05) is 9.80 Å². The third kappa shape index (κ3) is 6.50. The van der Waals surface area contributed by atoms with E-state index in [2.05, 4.69) is 252 Å². The molecule has 12 rings (SSSR count). The minimum absolute atomic E-state index is 1.11. The molecule has 63 heavy (non-hydrogen) atoms. The van der Waals surface area contributed by atoms with E-state index in [1.54, 1.807) is 0 Å². The van der Waals surface area contributed by atoms with Crippen molar-refractivity contribution in [1.29, 1.82) is 0 Å². The number of anilines is 6. The van der Waals surface area contributed by atoms with Crippen molar-refractivity contribution in [2.45, 2.75) is 0 Å². The highest BCUT2D eigenvalue weighted by Gasteiger charge is 2.20. The summed E-state index contributed by atoms with van der Waals surface area (Å²) in [5, 5.41) is 10.2. The number of para-hydroxylation sites is 2. The maximum Gasteiger partial charge on any atom is 0.0540 e. The molecule has 0 fully saturated rings. The van der Waals surface area contributed by atoms with Gasteiger partial charge in [-0.05, 0) is 117 Å². The fourth-order valence-electron chi connectivity index (χ4n) is 9.43. The molecule has 296 valence electrons. The molecule has 0 amide bonds. The summed E-state index contributed by atoms with van der Waals surface area (Å²) in [6.45, 7) is 0. The van der Waals surface area contributed by atoms with Gasteiger partial charge < -0.3 is 9.80 Å². The Morgan fingerprint density at radius 3 is 1.46 bits per heavy atom. The summed E-state index contributed by atoms with van der Waals surface area (Å²) in [6, 6.07) is 88.1. The molecule has 0 unspecified atom stereocenters. The van der Waals surface area contributed by atoms with Crippen LogP contribution in [-0.4, -0.2) is 0 Å². The minimum atomic E-state index is 1.11. The average Bonchev–Trinajstić information content (AvgIpc) is 3.75. The van der Waals surface area contributed by atoms with Crippen molar-refractivity contribution in [3.05, 3.63) is 243 Å². The fraction of sp³-hybridized carbons (Fsp3) is 0. The Morgan fingerprint density at radius 1 is 0.270 bits per heavy atom. The van der Waals surface area contributed by atoms with Crippen LogP contribution in [0.2, 0.25) is 0 Å². The molecule has 12 aromatic rings. The first-order chi connectivity index (χ1) is 31.2. The lowest BCUT2D eigenvalue weighted by Crippen LogP contribution is -2.10. The van der Waals surface area contributed by atoms with Crippen molar-refractivity contribution < 1.29 is 0 Å². The SMILES string of the molecule is c1ccc(-c2ccc(N(c3ccccc3)c3ccc(-c4ccc5c(c4)c4ccccc4c4c6ccc(N(c7ccccc7)c7cccc8ccccc78)cc6sc54)cc3)cc2)cc1. The Kier molecular flexibility index (Phi) is 9.06. The van der Waals surface area contributed by atoms with Crippen LogP contribution in [-0.2, 0) is 0 Å². The zero-order valence-corrected chi connectivity index (χ0v) is 35.2. The monoisotopic (exact) mass is 820 g/mol.